The Bertz CT molecular complexity index is 106. The first-order valence-corrected chi connectivity index (χ1v) is 4.27. The number of thioether (sulfide) groups is 1. The molecular formula is C6H13NO2S. The Morgan fingerprint density at radius 2 is 2.40 bits per heavy atom. The summed E-state index contributed by atoms with van der Waals surface area (Å²) < 4.78 is 0. The molecule has 0 heterocycles. The van der Waals surface area contributed by atoms with Gasteiger partial charge in [-0.3, -0.25) is 4.79 Å². The van der Waals surface area contributed by atoms with Gasteiger partial charge in [-0.2, -0.15) is 0 Å². The molecule has 1 atom stereocenters. The van der Waals surface area contributed by atoms with Crippen molar-refractivity contribution >= 4 is 17.7 Å². The third kappa shape index (κ3) is 7.78. The molecule has 4 heteroatoms. The minimum Gasteiger partial charge on any atom is -0.481 e. The summed E-state index contributed by atoms with van der Waals surface area (Å²) in [6.45, 7) is 1.89. The number of hydrogen-bond donors (Lipinski definition) is 2. The smallest absolute Gasteiger partial charge is 0.303 e. The molecule has 0 rings (SSSR count). The number of carbonyl (C=O) groups is 1. The second-order valence-electron chi connectivity index (χ2n) is 2.07. The summed E-state index contributed by atoms with van der Waals surface area (Å²) in [6, 6.07) is 0. The number of nitrogens with two attached hydrogens (primary N) is 1. The molecule has 0 aromatic heterocycles. The molecule has 0 aromatic rings. The van der Waals surface area contributed by atoms with E-state index in [0.29, 0.717) is 6.42 Å². The van der Waals surface area contributed by atoms with E-state index in [-0.39, 0.29) is 11.8 Å². The molecule has 0 aromatic carbocycles. The molecule has 0 saturated heterocycles. The second kappa shape index (κ2) is 5.56. The Labute approximate surface area is 65.0 Å². The highest BCUT2D eigenvalue weighted by molar-refractivity contribution is 7.99. The van der Waals surface area contributed by atoms with Gasteiger partial charge in [0.2, 0.25) is 0 Å². The lowest BCUT2D eigenvalue weighted by Crippen LogP contribution is -2.10. The Hall–Kier alpha value is -0.220. The van der Waals surface area contributed by atoms with Crippen molar-refractivity contribution in [2.45, 2.75) is 25.1 Å². The summed E-state index contributed by atoms with van der Waals surface area (Å²) in [6.07, 6.45) is 0.960. The van der Waals surface area contributed by atoms with E-state index in [4.69, 9.17) is 10.8 Å². The molecule has 0 aliphatic carbocycles. The lowest BCUT2D eigenvalue weighted by atomic mass is 10.3. The van der Waals surface area contributed by atoms with E-state index in [1.807, 2.05) is 6.92 Å². The highest BCUT2D eigenvalue weighted by atomic mass is 32.2. The van der Waals surface area contributed by atoms with Crippen molar-refractivity contribution in [1.82, 2.24) is 0 Å². The molecule has 1 unspecified atom stereocenters. The van der Waals surface area contributed by atoms with Crippen molar-refractivity contribution in [1.29, 1.82) is 0 Å². The van der Waals surface area contributed by atoms with Gasteiger partial charge in [-0.1, -0.05) is 0 Å². The first-order chi connectivity index (χ1) is 4.63. The summed E-state index contributed by atoms with van der Waals surface area (Å²) in [4.78, 5) is 10.0. The van der Waals surface area contributed by atoms with Crippen LogP contribution in [-0.2, 0) is 4.79 Å². The highest BCUT2D eigenvalue weighted by Crippen LogP contribution is 2.07. The van der Waals surface area contributed by atoms with Gasteiger partial charge in [0.15, 0.2) is 0 Å². The van der Waals surface area contributed by atoms with E-state index < -0.39 is 5.97 Å². The zero-order valence-corrected chi connectivity index (χ0v) is 6.86. The molecule has 0 bridgehead atoms. The van der Waals surface area contributed by atoms with E-state index in [1.54, 1.807) is 11.8 Å². The van der Waals surface area contributed by atoms with Gasteiger partial charge < -0.3 is 10.8 Å². The molecule has 60 valence electrons. The van der Waals surface area contributed by atoms with E-state index >= 15 is 0 Å². The molecule has 3 N–H and O–H groups in total. The molecule has 10 heavy (non-hydrogen) atoms. The molecule has 0 spiro atoms. The first kappa shape index (κ1) is 9.78. The normalized spacial score (nSPS) is 13.0. The molecule has 0 saturated carbocycles. The predicted octanol–water partition coefficient (Wildman–Crippen LogP) is 0.889. The second-order valence-corrected chi connectivity index (χ2v) is 3.56. The van der Waals surface area contributed by atoms with Crippen LogP contribution >= 0.6 is 11.8 Å². The number of rotatable bonds is 5. The van der Waals surface area contributed by atoms with Crippen LogP contribution in [0.25, 0.3) is 0 Å². The van der Waals surface area contributed by atoms with E-state index in [0.717, 1.165) is 5.75 Å². The molecular weight excluding hydrogens is 150 g/mol. The van der Waals surface area contributed by atoms with Crippen LogP contribution < -0.4 is 5.73 Å². The van der Waals surface area contributed by atoms with Crippen LogP contribution in [0.1, 0.15) is 19.8 Å². The maximum Gasteiger partial charge on any atom is 0.303 e. The zero-order valence-electron chi connectivity index (χ0n) is 6.04. The van der Waals surface area contributed by atoms with E-state index in [9.17, 15) is 4.79 Å². The number of hydrogen-bond acceptors (Lipinski definition) is 3. The van der Waals surface area contributed by atoms with Gasteiger partial charge in [0.05, 0.1) is 0 Å². The largest absolute Gasteiger partial charge is 0.481 e. The standard InChI is InChI=1S/C6H13NO2S/c1-5(7)10-4-2-3-6(8)9/h5H,2-4,7H2,1H3,(H,8,9). The van der Waals surface area contributed by atoms with Gasteiger partial charge in [-0.05, 0) is 19.1 Å². The summed E-state index contributed by atoms with van der Waals surface area (Å²) in [5.41, 5.74) is 5.42. The van der Waals surface area contributed by atoms with Crippen molar-refractivity contribution in [3.8, 4) is 0 Å². The molecule has 0 amide bonds. The van der Waals surface area contributed by atoms with Gasteiger partial charge in [0.25, 0.3) is 0 Å². The minimum absolute atomic E-state index is 0.119. The maximum atomic E-state index is 10.0. The number of carboxylic acid groups (broad SMARTS) is 1. The summed E-state index contributed by atoms with van der Waals surface area (Å²) in [5, 5.41) is 8.36. The van der Waals surface area contributed by atoms with Crippen LogP contribution in [0.4, 0.5) is 0 Å². The van der Waals surface area contributed by atoms with Gasteiger partial charge in [-0.15, -0.1) is 11.8 Å². The van der Waals surface area contributed by atoms with Crippen LogP contribution in [0, 0.1) is 0 Å². The number of carboxylic acids is 1. The summed E-state index contributed by atoms with van der Waals surface area (Å²) in [5.74, 6) is 0.106. The molecule has 0 radical (unpaired) electrons. The van der Waals surface area contributed by atoms with Crippen molar-refractivity contribution < 1.29 is 9.90 Å². The fourth-order valence-corrected chi connectivity index (χ4v) is 1.18. The SMILES string of the molecule is CC(N)SCCCC(=O)O. The quantitative estimate of drug-likeness (QED) is 0.466. The molecule has 0 aliphatic rings. The van der Waals surface area contributed by atoms with Gasteiger partial charge in [0.1, 0.15) is 0 Å². The zero-order chi connectivity index (χ0) is 7.98. The van der Waals surface area contributed by atoms with E-state index in [1.165, 1.54) is 0 Å². The van der Waals surface area contributed by atoms with Gasteiger partial charge >= 0.3 is 5.97 Å². The summed E-state index contributed by atoms with van der Waals surface area (Å²) in [7, 11) is 0. The predicted molar refractivity (Wildman–Crippen MR) is 43.0 cm³/mol. The van der Waals surface area contributed by atoms with Gasteiger partial charge in [-0.25, -0.2) is 0 Å². The monoisotopic (exact) mass is 163 g/mol. The lowest BCUT2D eigenvalue weighted by Gasteiger charge is -2.01. The van der Waals surface area contributed by atoms with Crippen molar-refractivity contribution in [3.05, 3.63) is 0 Å². The van der Waals surface area contributed by atoms with E-state index in [2.05, 4.69) is 0 Å². The van der Waals surface area contributed by atoms with Gasteiger partial charge in [0, 0.05) is 11.8 Å². The van der Waals surface area contributed by atoms with Crippen LogP contribution in [0.5, 0.6) is 0 Å². The molecule has 3 nitrogen and oxygen atoms in total. The average Bonchev–Trinajstić information content (AvgIpc) is 1.79. The van der Waals surface area contributed by atoms with Crippen molar-refractivity contribution in [2.75, 3.05) is 5.75 Å². The topological polar surface area (TPSA) is 63.3 Å². The molecule has 0 aliphatic heterocycles. The van der Waals surface area contributed by atoms with Crippen LogP contribution in [0.2, 0.25) is 0 Å². The van der Waals surface area contributed by atoms with Crippen LogP contribution in [-0.4, -0.2) is 22.2 Å². The first-order valence-electron chi connectivity index (χ1n) is 3.22. The number of aliphatic carboxylic acids is 1. The Kier molecular flexibility index (Phi) is 5.43. The van der Waals surface area contributed by atoms with Crippen molar-refractivity contribution in [3.63, 3.8) is 0 Å². The molecule has 0 fully saturated rings. The van der Waals surface area contributed by atoms with Crippen molar-refractivity contribution in [2.24, 2.45) is 5.73 Å². The maximum absolute atomic E-state index is 10.0. The third-order valence-electron chi connectivity index (χ3n) is 0.916. The highest BCUT2D eigenvalue weighted by Gasteiger charge is 1.97. The van der Waals surface area contributed by atoms with Crippen LogP contribution in [0.3, 0.4) is 0 Å². The lowest BCUT2D eigenvalue weighted by molar-refractivity contribution is -0.137. The third-order valence-corrected chi connectivity index (χ3v) is 1.97. The fraction of sp³-hybridized carbons (Fsp3) is 0.833. The van der Waals surface area contributed by atoms with Crippen LogP contribution in [0.15, 0.2) is 0 Å². The Morgan fingerprint density at radius 3 is 2.80 bits per heavy atom. The minimum atomic E-state index is -0.731. The fourth-order valence-electron chi connectivity index (χ4n) is 0.493. The summed E-state index contributed by atoms with van der Waals surface area (Å²) >= 11 is 1.59. The Balaban J connectivity index is 2.98. The Morgan fingerprint density at radius 1 is 1.80 bits per heavy atom. The average molecular weight is 163 g/mol.